The lowest BCUT2D eigenvalue weighted by Gasteiger charge is -2.05. The van der Waals surface area contributed by atoms with Crippen LogP contribution in [-0.2, 0) is 16.1 Å². The van der Waals surface area contributed by atoms with Crippen LogP contribution < -0.4 is 10.5 Å². The van der Waals surface area contributed by atoms with Gasteiger partial charge in [0.2, 0.25) is 0 Å². The van der Waals surface area contributed by atoms with Crippen molar-refractivity contribution in [1.29, 1.82) is 0 Å². The predicted molar refractivity (Wildman–Crippen MR) is 56.5 cm³/mol. The van der Waals surface area contributed by atoms with Crippen LogP contribution in [0.3, 0.4) is 0 Å². The number of rotatable bonds is 5. The number of carbonyl (C=O) groups excluding carboxylic acids is 1. The van der Waals surface area contributed by atoms with Gasteiger partial charge in [-0.3, -0.25) is 4.79 Å². The van der Waals surface area contributed by atoms with Crippen molar-refractivity contribution < 1.29 is 14.3 Å². The summed E-state index contributed by atoms with van der Waals surface area (Å²) in [6.07, 6.45) is 0.259. The Morgan fingerprint density at radius 1 is 1.33 bits per heavy atom. The second-order valence-electron chi connectivity index (χ2n) is 3.02. The highest BCUT2D eigenvalue weighted by molar-refractivity contribution is 5.69. The summed E-state index contributed by atoms with van der Waals surface area (Å²) in [5, 5.41) is 0. The van der Waals surface area contributed by atoms with E-state index in [0.29, 0.717) is 13.2 Å². The minimum absolute atomic E-state index is 0.259. The molecule has 4 heteroatoms. The number of esters is 1. The molecule has 0 saturated heterocycles. The van der Waals surface area contributed by atoms with Crippen molar-refractivity contribution in [2.75, 3.05) is 13.7 Å². The van der Waals surface area contributed by atoms with Crippen LogP contribution in [0.25, 0.3) is 0 Å². The normalized spacial score (nSPS) is 9.73. The standard InChI is InChI=1S/C11H15NO3/c1-14-11(13)6-7-15-10-4-2-9(8-12)3-5-10/h2-5H,6-8,12H2,1H3. The molecule has 0 aliphatic carbocycles. The van der Waals surface area contributed by atoms with Crippen molar-refractivity contribution in [1.82, 2.24) is 0 Å². The first-order chi connectivity index (χ1) is 7.26. The molecule has 0 bridgehead atoms. The summed E-state index contributed by atoms with van der Waals surface area (Å²) in [6.45, 7) is 0.844. The molecule has 0 unspecified atom stereocenters. The summed E-state index contributed by atoms with van der Waals surface area (Å²) < 4.78 is 9.83. The Labute approximate surface area is 89.0 Å². The van der Waals surface area contributed by atoms with Gasteiger partial charge in [-0.25, -0.2) is 0 Å². The second-order valence-corrected chi connectivity index (χ2v) is 3.02. The van der Waals surface area contributed by atoms with E-state index in [1.165, 1.54) is 7.11 Å². The number of carbonyl (C=O) groups is 1. The molecular weight excluding hydrogens is 194 g/mol. The highest BCUT2D eigenvalue weighted by Gasteiger charge is 2.00. The molecule has 0 atom stereocenters. The molecule has 0 amide bonds. The molecule has 1 aromatic carbocycles. The smallest absolute Gasteiger partial charge is 0.308 e. The first-order valence-electron chi connectivity index (χ1n) is 4.75. The van der Waals surface area contributed by atoms with Crippen molar-refractivity contribution in [2.24, 2.45) is 5.73 Å². The zero-order valence-electron chi connectivity index (χ0n) is 8.73. The van der Waals surface area contributed by atoms with E-state index in [0.717, 1.165) is 11.3 Å². The number of benzene rings is 1. The topological polar surface area (TPSA) is 61.5 Å². The van der Waals surface area contributed by atoms with Crippen LogP contribution in [0, 0.1) is 0 Å². The molecule has 15 heavy (non-hydrogen) atoms. The highest BCUT2D eigenvalue weighted by atomic mass is 16.5. The van der Waals surface area contributed by atoms with E-state index in [-0.39, 0.29) is 12.4 Å². The molecule has 82 valence electrons. The van der Waals surface area contributed by atoms with Crippen LogP contribution in [0.5, 0.6) is 5.75 Å². The Morgan fingerprint density at radius 2 is 2.00 bits per heavy atom. The molecule has 1 rings (SSSR count). The van der Waals surface area contributed by atoms with Gasteiger partial charge in [-0.1, -0.05) is 12.1 Å². The lowest BCUT2D eigenvalue weighted by Crippen LogP contribution is -2.07. The van der Waals surface area contributed by atoms with Gasteiger partial charge in [0.25, 0.3) is 0 Å². The number of hydrogen-bond acceptors (Lipinski definition) is 4. The monoisotopic (exact) mass is 209 g/mol. The van der Waals surface area contributed by atoms with Crippen LogP contribution in [0.4, 0.5) is 0 Å². The Kier molecular flexibility index (Phi) is 4.63. The fourth-order valence-electron chi connectivity index (χ4n) is 1.08. The van der Waals surface area contributed by atoms with Crippen molar-refractivity contribution in [3.8, 4) is 5.75 Å². The molecule has 0 radical (unpaired) electrons. The maximum absolute atomic E-state index is 10.8. The lowest BCUT2D eigenvalue weighted by molar-refractivity contribution is -0.141. The number of methoxy groups -OCH3 is 1. The van der Waals surface area contributed by atoms with Gasteiger partial charge in [0.1, 0.15) is 5.75 Å². The second kappa shape index (κ2) is 6.03. The van der Waals surface area contributed by atoms with Gasteiger partial charge in [-0.2, -0.15) is 0 Å². The van der Waals surface area contributed by atoms with E-state index in [1.54, 1.807) is 0 Å². The van der Waals surface area contributed by atoms with Crippen molar-refractivity contribution in [2.45, 2.75) is 13.0 Å². The first-order valence-corrected chi connectivity index (χ1v) is 4.75. The van der Waals surface area contributed by atoms with Crippen molar-refractivity contribution in [3.63, 3.8) is 0 Å². The first kappa shape index (κ1) is 11.5. The van der Waals surface area contributed by atoms with E-state index in [1.807, 2.05) is 24.3 Å². The molecule has 0 heterocycles. The summed E-state index contributed by atoms with van der Waals surface area (Å²) in [6, 6.07) is 7.46. The van der Waals surface area contributed by atoms with Crippen LogP contribution >= 0.6 is 0 Å². The van der Waals surface area contributed by atoms with E-state index in [4.69, 9.17) is 10.5 Å². The zero-order chi connectivity index (χ0) is 11.1. The van der Waals surface area contributed by atoms with Gasteiger partial charge in [0, 0.05) is 6.54 Å². The molecule has 2 N–H and O–H groups in total. The Hall–Kier alpha value is -1.55. The third-order valence-corrected chi connectivity index (χ3v) is 1.96. The Morgan fingerprint density at radius 3 is 2.53 bits per heavy atom. The summed E-state index contributed by atoms with van der Waals surface area (Å²) >= 11 is 0. The third-order valence-electron chi connectivity index (χ3n) is 1.96. The van der Waals surface area contributed by atoms with E-state index >= 15 is 0 Å². The molecule has 0 aromatic heterocycles. The van der Waals surface area contributed by atoms with Crippen molar-refractivity contribution in [3.05, 3.63) is 29.8 Å². The van der Waals surface area contributed by atoms with E-state index in [2.05, 4.69) is 4.74 Å². The number of hydrogen-bond donors (Lipinski definition) is 1. The molecule has 0 spiro atoms. The maximum Gasteiger partial charge on any atom is 0.308 e. The summed E-state index contributed by atoms with van der Waals surface area (Å²) in [5.41, 5.74) is 6.51. The average Bonchev–Trinajstić information content (AvgIpc) is 2.29. The van der Waals surface area contributed by atoms with Crippen LogP contribution in [0.2, 0.25) is 0 Å². The Balaban J connectivity index is 2.34. The predicted octanol–water partition coefficient (Wildman–Crippen LogP) is 1.09. The summed E-state index contributed by atoms with van der Waals surface area (Å²) in [7, 11) is 1.36. The minimum atomic E-state index is -0.270. The van der Waals surface area contributed by atoms with Gasteiger partial charge in [-0.15, -0.1) is 0 Å². The van der Waals surface area contributed by atoms with Gasteiger partial charge in [-0.05, 0) is 17.7 Å². The van der Waals surface area contributed by atoms with E-state index in [9.17, 15) is 4.79 Å². The molecule has 0 saturated carbocycles. The maximum atomic E-state index is 10.8. The molecule has 0 fully saturated rings. The minimum Gasteiger partial charge on any atom is -0.493 e. The van der Waals surface area contributed by atoms with Crippen LogP contribution in [0.1, 0.15) is 12.0 Å². The third kappa shape index (κ3) is 3.99. The average molecular weight is 209 g/mol. The number of ether oxygens (including phenoxy) is 2. The van der Waals surface area contributed by atoms with Crippen molar-refractivity contribution >= 4 is 5.97 Å². The largest absolute Gasteiger partial charge is 0.493 e. The fourth-order valence-corrected chi connectivity index (χ4v) is 1.08. The summed E-state index contributed by atoms with van der Waals surface area (Å²) in [5.74, 6) is 0.463. The number of nitrogens with two attached hydrogens (primary N) is 1. The quantitative estimate of drug-likeness (QED) is 0.737. The lowest BCUT2D eigenvalue weighted by atomic mass is 10.2. The molecule has 4 nitrogen and oxygen atoms in total. The Bertz CT molecular complexity index is 308. The van der Waals surface area contributed by atoms with Gasteiger partial charge >= 0.3 is 5.97 Å². The zero-order valence-corrected chi connectivity index (χ0v) is 8.73. The SMILES string of the molecule is COC(=O)CCOc1ccc(CN)cc1. The fraction of sp³-hybridized carbons (Fsp3) is 0.364. The summed E-state index contributed by atoms with van der Waals surface area (Å²) in [4.78, 5) is 10.8. The van der Waals surface area contributed by atoms with E-state index < -0.39 is 0 Å². The highest BCUT2D eigenvalue weighted by Crippen LogP contribution is 2.11. The molecule has 1 aromatic rings. The van der Waals surface area contributed by atoms with Gasteiger partial charge in [0.05, 0.1) is 20.1 Å². The van der Waals surface area contributed by atoms with Crippen LogP contribution in [0.15, 0.2) is 24.3 Å². The molecular formula is C11H15NO3. The van der Waals surface area contributed by atoms with Gasteiger partial charge in [0.15, 0.2) is 0 Å². The molecule has 0 aliphatic rings. The molecule has 0 aliphatic heterocycles. The van der Waals surface area contributed by atoms with Crippen LogP contribution in [-0.4, -0.2) is 19.7 Å². The van der Waals surface area contributed by atoms with Gasteiger partial charge < -0.3 is 15.2 Å².